The van der Waals surface area contributed by atoms with Crippen LogP contribution in [0.15, 0.2) is 42.7 Å². The molecule has 0 unspecified atom stereocenters. The normalized spacial score (nSPS) is 14.3. The van der Waals surface area contributed by atoms with Gasteiger partial charge in [-0.05, 0) is 48.9 Å². The molecule has 2 aromatic carbocycles. The first-order chi connectivity index (χ1) is 16.7. The number of hydrogen-bond acceptors (Lipinski definition) is 5. The summed E-state index contributed by atoms with van der Waals surface area (Å²) in [6, 6.07) is 8.26. The first kappa shape index (κ1) is 23.1. The third-order valence-corrected chi connectivity index (χ3v) is 6.34. The Morgan fingerprint density at radius 3 is 2.77 bits per heavy atom. The van der Waals surface area contributed by atoms with Crippen molar-refractivity contribution in [2.45, 2.75) is 32.5 Å². The number of rotatable bonds is 5. The van der Waals surface area contributed by atoms with Crippen molar-refractivity contribution in [1.82, 2.24) is 19.9 Å². The lowest BCUT2D eigenvalue weighted by molar-refractivity contribution is -0.138. The minimum atomic E-state index is -4.55. The molecule has 182 valence electrons. The number of benzene rings is 2. The van der Waals surface area contributed by atoms with Crippen LogP contribution in [-0.4, -0.2) is 32.9 Å². The summed E-state index contributed by atoms with van der Waals surface area (Å²) < 4.78 is 61.7. The second-order valence-electron chi connectivity index (χ2n) is 8.51. The highest BCUT2D eigenvalue weighted by atomic mass is 19.4. The number of nitrogens with zero attached hydrogens (tertiary/aromatic N) is 3. The lowest BCUT2D eigenvalue weighted by Crippen LogP contribution is -2.31. The van der Waals surface area contributed by atoms with Gasteiger partial charge in [-0.2, -0.15) is 13.2 Å². The number of ether oxygens (including phenoxy) is 1. The molecule has 1 aliphatic rings. The molecule has 0 saturated heterocycles. The fourth-order valence-corrected chi connectivity index (χ4v) is 4.48. The number of fused-ring (bicyclic) bond motifs is 2. The third-order valence-electron chi connectivity index (χ3n) is 6.34. The Hall–Kier alpha value is -3.66. The lowest BCUT2D eigenvalue weighted by atomic mass is 10.0. The number of aromatic amines is 1. The summed E-state index contributed by atoms with van der Waals surface area (Å²) in [6.45, 7) is 4.49. The van der Waals surface area contributed by atoms with Crippen molar-refractivity contribution in [1.29, 1.82) is 0 Å². The summed E-state index contributed by atoms with van der Waals surface area (Å²) in [7, 11) is 0. The van der Waals surface area contributed by atoms with Gasteiger partial charge in [0.1, 0.15) is 6.33 Å². The quantitative estimate of drug-likeness (QED) is 0.290. The van der Waals surface area contributed by atoms with Gasteiger partial charge in [-0.25, -0.2) is 14.4 Å². The van der Waals surface area contributed by atoms with E-state index in [2.05, 4.69) is 26.8 Å². The summed E-state index contributed by atoms with van der Waals surface area (Å²) in [6.07, 6.45) is -2.58. The molecule has 0 atom stereocenters. The van der Waals surface area contributed by atoms with E-state index in [0.29, 0.717) is 30.1 Å². The summed E-state index contributed by atoms with van der Waals surface area (Å²) in [5, 5.41) is 0.209. The Morgan fingerprint density at radius 1 is 1.17 bits per heavy atom. The van der Waals surface area contributed by atoms with Gasteiger partial charge in [0.25, 0.3) is 0 Å². The molecule has 2 aromatic heterocycles. The maximum atomic E-state index is 15.4. The molecular formula is C25H23F4N5O. The van der Waals surface area contributed by atoms with Crippen molar-refractivity contribution in [3.8, 4) is 11.6 Å². The average molecular weight is 485 g/mol. The van der Waals surface area contributed by atoms with Gasteiger partial charge in [-0.3, -0.25) is 4.90 Å². The second kappa shape index (κ2) is 8.84. The maximum Gasteiger partial charge on any atom is 0.416 e. The molecule has 0 spiro atoms. The first-order valence-corrected chi connectivity index (χ1v) is 11.2. The zero-order valence-electron chi connectivity index (χ0n) is 18.9. The molecule has 0 bridgehead atoms. The number of hydrogen-bond donors (Lipinski definition) is 2. The van der Waals surface area contributed by atoms with Crippen molar-refractivity contribution in [2.75, 3.05) is 18.8 Å². The van der Waals surface area contributed by atoms with Crippen LogP contribution in [0.1, 0.15) is 35.0 Å². The summed E-state index contributed by atoms with van der Waals surface area (Å²) in [5.74, 6) is -0.329. The minimum Gasteiger partial charge on any atom is -0.436 e. The van der Waals surface area contributed by atoms with Crippen LogP contribution in [-0.2, 0) is 25.6 Å². The van der Waals surface area contributed by atoms with E-state index in [0.717, 1.165) is 30.4 Å². The van der Waals surface area contributed by atoms with Gasteiger partial charge < -0.3 is 15.5 Å². The summed E-state index contributed by atoms with van der Waals surface area (Å²) in [4.78, 5) is 13.8. The van der Waals surface area contributed by atoms with Crippen LogP contribution in [0.4, 0.5) is 23.2 Å². The fourth-order valence-electron chi connectivity index (χ4n) is 4.48. The standard InChI is InChI=1S/C25H23F4N5O/c1-2-34-9-8-15-21(12-34)31-13-32-24(15)35-22-7-6-20-17(23(22)26)11-14(33-20)10-16-18(25(27,28)29)4-3-5-19(16)30/h3-7,11,13,33H,2,8-10,12,30H2,1H3. The van der Waals surface area contributed by atoms with Crippen LogP contribution >= 0.6 is 0 Å². The molecule has 4 aromatic rings. The van der Waals surface area contributed by atoms with Crippen molar-refractivity contribution < 1.29 is 22.3 Å². The highest BCUT2D eigenvalue weighted by Gasteiger charge is 2.34. The van der Waals surface area contributed by atoms with Crippen LogP contribution in [0.25, 0.3) is 10.9 Å². The first-order valence-electron chi connectivity index (χ1n) is 11.2. The van der Waals surface area contributed by atoms with Gasteiger partial charge in [-0.15, -0.1) is 0 Å². The minimum absolute atomic E-state index is 0.0166. The SMILES string of the molecule is CCN1CCc2c(ncnc2Oc2ccc3[nH]c(Cc4c(N)cccc4C(F)(F)F)cc3c2F)C1. The molecule has 5 rings (SSSR count). The number of nitrogen functional groups attached to an aromatic ring is 1. The Morgan fingerprint density at radius 2 is 2.00 bits per heavy atom. The average Bonchev–Trinajstić information content (AvgIpc) is 3.25. The molecule has 10 heteroatoms. The Kier molecular flexibility index (Phi) is 5.84. The number of nitrogens with one attached hydrogen (secondary N) is 1. The number of nitrogens with two attached hydrogens (primary N) is 1. The number of anilines is 1. The van der Waals surface area contributed by atoms with Crippen molar-refractivity contribution in [3.63, 3.8) is 0 Å². The molecule has 35 heavy (non-hydrogen) atoms. The van der Waals surface area contributed by atoms with Gasteiger partial charge in [0.15, 0.2) is 11.6 Å². The van der Waals surface area contributed by atoms with Crippen LogP contribution in [0.3, 0.4) is 0 Å². The predicted molar refractivity (Wildman–Crippen MR) is 124 cm³/mol. The Labute approximate surface area is 198 Å². The number of likely N-dealkylation sites (N-methyl/N-ethyl adjacent to an activating group) is 1. The van der Waals surface area contributed by atoms with Crippen LogP contribution in [0.5, 0.6) is 11.6 Å². The van der Waals surface area contributed by atoms with Crippen molar-refractivity contribution in [3.05, 3.63) is 76.6 Å². The smallest absolute Gasteiger partial charge is 0.416 e. The monoisotopic (exact) mass is 485 g/mol. The van der Waals surface area contributed by atoms with Crippen LogP contribution in [0.2, 0.25) is 0 Å². The summed E-state index contributed by atoms with van der Waals surface area (Å²) >= 11 is 0. The number of alkyl halides is 3. The van der Waals surface area contributed by atoms with E-state index in [9.17, 15) is 13.2 Å². The van der Waals surface area contributed by atoms with Gasteiger partial charge in [0.05, 0.1) is 11.3 Å². The highest BCUT2D eigenvalue weighted by Crippen LogP contribution is 2.37. The zero-order chi connectivity index (χ0) is 24.7. The summed E-state index contributed by atoms with van der Waals surface area (Å²) in [5.41, 5.74) is 7.56. The maximum absolute atomic E-state index is 15.4. The number of aromatic nitrogens is 3. The lowest BCUT2D eigenvalue weighted by Gasteiger charge is -2.27. The van der Waals surface area contributed by atoms with Crippen molar-refractivity contribution >= 4 is 16.6 Å². The molecule has 0 amide bonds. The zero-order valence-corrected chi connectivity index (χ0v) is 18.9. The number of halogens is 4. The molecule has 0 aliphatic carbocycles. The topological polar surface area (TPSA) is 80.1 Å². The second-order valence-corrected chi connectivity index (χ2v) is 8.51. The number of H-pyrrole nitrogens is 1. The molecule has 3 heterocycles. The Bertz CT molecular complexity index is 1400. The fraction of sp³-hybridized carbons (Fsp3) is 0.280. The molecule has 3 N–H and O–H groups in total. The molecule has 0 saturated carbocycles. The van der Waals surface area contributed by atoms with E-state index in [-0.39, 0.29) is 28.8 Å². The largest absolute Gasteiger partial charge is 0.436 e. The van der Waals surface area contributed by atoms with Crippen LogP contribution in [0, 0.1) is 5.82 Å². The van der Waals surface area contributed by atoms with Gasteiger partial charge in [0, 0.05) is 47.4 Å². The molecule has 6 nitrogen and oxygen atoms in total. The van der Waals surface area contributed by atoms with E-state index < -0.39 is 17.6 Å². The van der Waals surface area contributed by atoms with Crippen molar-refractivity contribution in [2.24, 2.45) is 0 Å². The Balaban J connectivity index is 1.46. The van der Waals surface area contributed by atoms with E-state index in [1.807, 2.05) is 0 Å². The van der Waals surface area contributed by atoms with E-state index >= 15 is 4.39 Å². The van der Waals surface area contributed by atoms with E-state index in [1.165, 1.54) is 30.6 Å². The molecule has 1 aliphatic heterocycles. The van der Waals surface area contributed by atoms with Gasteiger partial charge in [-0.1, -0.05) is 13.0 Å². The van der Waals surface area contributed by atoms with E-state index in [4.69, 9.17) is 10.5 Å². The highest BCUT2D eigenvalue weighted by molar-refractivity contribution is 5.83. The predicted octanol–water partition coefficient (Wildman–Crippen LogP) is 5.46. The van der Waals surface area contributed by atoms with E-state index in [1.54, 1.807) is 6.07 Å². The van der Waals surface area contributed by atoms with Crippen LogP contribution < -0.4 is 10.5 Å². The molecular weight excluding hydrogens is 462 g/mol. The third kappa shape index (κ3) is 4.41. The molecule has 0 radical (unpaired) electrons. The van der Waals surface area contributed by atoms with Gasteiger partial charge in [0.2, 0.25) is 5.88 Å². The molecule has 0 fully saturated rings. The van der Waals surface area contributed by atoms with Gasteiger partial charge >= 0.3 is 6.18 Å².